The Morgan fingerprint density at radius 2 is 1.62 bits per heavy atom. The second-order valence-electron chi connectivity index (χ2n) is 11.2. The maximum atomic E-state index is 13.5. The van der Waals surface area contributed by atoms with Crippen molar-refractivity contribution in [2.45, 2.75) is 37.3 Å². The number of nitrogens with zero attached hydrogens (tertiary/aromatic N) is 2. The quantitative estimate of drug-likeness (QED) is 0.330. The van der Waals surface area contributed by atoms with Crippen LogP contribution in [0.15, 0.2) is 72.8 Å². The summed E-state index contributed by atoms with van der Waals surface area (Å²) >= 11 is 12.3. The van der Waals surface area contributed by atoms with Crippen LogP contribution < -0.4 is 5.32 Å². The molecule has 5 rings (SSSR count). The average Bonchev–Trinajstić information content (AvgIpc) is 3.79. The summed E-state index contributed by atoms with van der Waals surface area (Å²) in [6, 6.07) is 22.6. The molecule has 42 heavy (non-hydrogen) atoms. The number of sulfone groups is 1. The van der Waals surface area contributed by atoms with E-state index in [2.05, 4.69) is 17.3 Å². The van der Waals surface area contributed by atoms with Crippen LogP contribution in [0.5, 0.6) is 0 Å². The second kappa shape index (κ2) is 13.2. The van der Waals surface area contributed by atoms with Crippen molar-refractivity contribution in [2.75, 3.05) is 38.2 Å². The highest BCUT2D eigenvalue weighted by molar-refractivity contribution is 7.91. The van der Waals surface area contributed by atoms with Crippen molar-refractivity contribution in [3.8, 4) is 11.1 Å². The van der Waals surface area contributed by atoms with Gasteiger partial charge in [-0.1, -0.05) is 71.7 Å². The highest BCUT2D eigenvalue weighted by atomic mass is 35.5. The first-order chi connectivity index (χ1) is 20.1. The van der Waals surface area contributed by atoms with Crippen LogP contribution in [0.3, 0.4) is 0 Å². The molecule has 10 heteroatoms. The summed E-state index contributed by atoms with van der Waals surface area (Å²) in [4.78, 5) is 30.6. The number of rotatable bonds is 10. The third kappa shape index (κ3) is 7.53. The van der Waals surface area contributed by atoms with Crippen molar-refractivity contribution in [1.82, 2.24) is 15.1 Å². The lowest BCUT2D eigenvalue weighted by Gasteiger charge is -2.31. The smallest absolute Gasteiger partial charge is 0.251 e. The number of carbonyl (C=O) groups is 2. The molecule has 0 radical (unpaired) electrons. The number of amides is 2. The standard InChI is InChI=1S/C32H35Cl2N3O4S/c1-36(30-21-26(30)25-13-14-27(33)28(34)20-25)15-5-8-29(32(39)37-16-18-42(40,41)19-17-37)35-31(38)24-11-9-23(10-12-24)22-6-3-2-4-7-22/h2-4,6-7,9-14,20,26,29-30H,5,8,15-19,21H2,1H3,(H,35,38). The summed E-state index contributed by atoms with van der Waals surface area (Å²) in [6.07, 6.45) is 2.16. The lowest BCUT2D eigenvalue weighted by Crippen LogP contribution is -2.53. The number of benzene rings is 3. The molecule has 2 aliphatic rings. The van der Waals surface area contributed by atoms with Crippen molar-refractivity contribution in [3.05, 3.63) is 94.0 Å². The SMILES string of the molecule is CN(CCCC(NC(=O)c1ccc(-c2ccccc2)cc1)C(=O)N1CCS(=O)(=O)CC1)C1CC1c1ccc(Cl)c(Cl)c1. The molecule has 3 aromatic carbocycles. The molecule has 1 saturated heterocycles. The zero-order valence-electron chi connectivity index (χ0n) is 23.5. The highest BCUT2D eigenvalue weighted by Crippen LogP contribution is 2.45. The van der Waals surface area contributed by atoms with Crippen LogP contribution in [0.25, 0.3) is 11.1 Å². The molecule has 1 aliphatic heterocycles. The Bertz CT molecular complexity index is 1520. The predicted octanol–water partition coefficient (Wildman–Crippen LogP) is 5.28. The van der Waals surface area contributed by atoms with Crippen molar-refractivity contribution < 1.29 is 18.0 Å². The van der Waals surface area contributed by atoms with Crippen molar-refractivity contribution in [2.24, 2.45) is 0 Å². The summed E-state index contributed by atoms with van der Waals surface area (Å²) in [6.45, 7) is 1.04. The van der Waals surface area contributed by atoms with Gasteiger partial charge in [-0.2, -0.15) is 0 Å². The van der Waals surface area contributed by atoms with Gasteiger partial charge in [-0.25, -0.2) is 8.42 Å². The zero-order chi connectivity index (χ0) is 29.9. The first kappa shape index (κ1) is 30.5. The van der Waals surface area contributed by atoms with E-state index in [0.717, 1.165) is 24.1 Å². The topological polar surface area (TPSA) is 86.8 Å². The van der Waals surface area contributed by atoms with Crippen LogP contribution in [0.4, 0.5) is 0 Å². The van der Waals surface area contributed by atoms with Gasteiger partial charge in [-0.3, -0.25) is 9.59 Å². The molecule has 0 aromatic heterocycles. The van der Waals surface area contributed by atoms with Crippen LogP contribution in [0.2, 0.25) is 10.0 Å². The van der Waals surface area contributed by atoms with Crippen LogP contribution >= 0.6 is 23.2 Å². The molecule has 1 saturated carbocycles. The molecule has 1 heterocycles. The maximum Gasteiger partial charge on any atom is 0.251 e. The van der Waals surface area contributed by atoms with Gasteiger partial charge in [0, 0.05) is 30.6 Å². The van der Waals surface area contributed by atoms with E-state index in [1.165, 1.54) is 5.56 Å². The fourth-order valence-corrected chi connectivity index (χ4v) is 7.09. The molecular formula is C32H35Cl2N3O4S. The monoisotopic (exact) mass is 627 g/mol. The summed E-state index contributed by atoms with van der Waals surface area (Å²) < 4.78 is 23.9. The predicted molar refractivity (Wildman–Crippen MR) is 168 cm³/mol. The number of hydrogen-bond donors (Lipinski definition) is 1. The minimum absolute atomic E-state index is 0.0547. The van der Waals surface area contributed by atoms with E-state index in [0.29, 0.717) is 40.4 Å². The summed E-state index contributed by atoms with van der Waals surface area (Å²) in [5.74, 6) is -0.285. The van der Waals surface area contributed by atoms with E-state index in [-0.39, 0.29) is 36.4 Å². The zero-order valence-corrected chi connectivity index (χ0v) is 25.8. The Hall–Kier alpha value is -2.91. The largest absolute Gasteiger partial charge is 0.340 e. The lowest BCUT2D eigenvalue weighted by atomic mass is 10.0. The molecule has 222 valence electrons. The Balaban J connectivity index is 1.21. The molecule has 2 fully saturated rings. The first-order valence-electron chi connectivity index (χ1n) is 14.2. The second-order valence-corrected chi connectivity index (χ2v) is 14.3. The molecule has 2 amide bonds. The van der Waals surface area contributed by atoms with E-state index in [1.807, 2.05) is 60.7 Å². The van der Waals surface area contributed by atoms with Gasteiger partial charge < -0.3 is 15.1 Å². The Kier molecular flexibility index (Phi) is 9.57. The normalized spacial score (nSPS) is 20.2. The average molecular weight is 629 g/mol. The number of hydrogen-bond acceptors (Lipinski definition) is 5. The van der Waals surface area contributed by atoms with E-state index >= 15 is 0 Å². The summed E-state index contributed by atoms with van der Waals surface area (Å²) in [7, 11) is -1.06. The van der Waals surface area contributed by atoms with E-state index in [4.69, 9.17) is 23.2 Å². The van der Waals surface area contributed by atoms with E-state index in [1.54, 1.807) is 17.0 Å². The van der Waals surface area contributed by atoms with Gasteiger partial charge in [-0.05, 0) is 73.8 Å². The Morgan fingerprint density at radius 3 is 2.29 bits per heavy atom. The minimum atomic E-state index is -3.14. The Labute approximate surface area is 257 Å². The van der Waals surface area contributed by atoms with Crippen LogP contribution in [0.1, 0.15) is 41.1 Å². The fourth-order valence-electron chi connectivity index (χ4n) is 5.58. The fraction of sp³-hybridized carbons (Fsp3) is 0.375. The van der Waals surface area contributed by atoms with Crippen LogP contribution in [0, 0.1) is 0 Å². The van der Waals surface area contributed by atoms with Crippen molar-refractivity contribution >= 4 is 44.9 Å². The van der Waals surface area contributed by atoms with Gasteiger partial charge in [0.1, 0.15) is 6.04 Å². The molecule has 1 N–H and O–H groups in total. The Morgan fingerprint density at radius 1 is 0.952 bits per heavy atom. The van der Waals surface area contributed by atoms with Gasteiger partial charge >= 0.3 is 0 Å². The molecular weight excluding hydrogens is 593 g/mol. The van der Waals surface area contributed by atoms with Crippen LogP contribution in [-0.4, -0.2) is 80.3 Å². The highest BCUT2D eigenvalue weighted by Gasteiger charge is 2.41. The third-order valence-electron chi connectivity index (χ3n) is 8.21. The summed E-state index contributed by atoms with van der Waals surface area (Å²) in [5.41, 5.74) is 3.68. The van der Waals surface area contributed by atoms with E-state index < -0.39 is 15.9 Å². The maximum absolute atomic E-state index is 13.5. The van der Waals surface area contributed by atoms with Crippen LogP contribution in [-0.2, 0) is 14.6 Å². The molecule has 3 atom stereocenters. The van der Waals surface area contributed by atoms with Crippen molar-refractivity contribution in [1.29, 1.82) is 0 Å². The molecule has 0 bridgehead atoms. The van der Waals surface area contributed by atoms with Gasteiger partial charge in [0.15, 0.2) is 9.84 Å². The molecule has 1 aliphatic carbocycles. The molecule has 7 nitrogen and oxygen atoms in total. The van der Waals surface area contributed by atoms with E-state index in [9.17, 15) is 18.0 Å². The number of halogens is 2. The van der Waals surface area contributed by atoms with Gasteiger partial charge in [-0.15, -0.1) is 0 Å². The third-order valence-corrected chi connectivity index (χ3v) is 10.6. The lowest BCUT2D eigenvalue weighted by molar-refractivity contribution is -0.133. The number of nitrogens with one attached hydrogen (secondary N) is 1. The molecule has 3 unspecified atom stereocenters. The molecule has 3 aromatic rings. The number of carbonyl (C=O) groups excluding carboxylic acids is 2. The number of likely N-dealkylation sites (N-methyl/N-ethyl adjacent to an activating group) is 1. The summed E-state index contributed by atoms with van der Waals surface area (Å²) in [5, 5.41) is 4.05. The molecule has 0 spiro atoms. The van der Waals surface area contributed by atoms with Crippen molar-refractivity contribution in [3.63, 3.8) is 0 Å². The minimum Gasteiger partial charge on any atom is -0.340 e. The van der Waals surface area contributed by atoms with Gasteiger partial charge in [0.05, 0.1) is 21.6 Å². The first-order valence-corrected chi connectivity index (χ1v) is 16.8. The van der Waals surface area contributed by atoms with Gasteiger partial charge in [0.2, 0.25) is 5.91 Å². The van der Waals surface area contributed by atoms with Gasteiger partial charge in [0.25, 0.3) is 5.91 Å².